The molecule has 2 heterocycles. The molecule has 5 nitrogen and oxygen atoms in total. The number of aliphatic imine (C=N–C) groups is 1. The van der Waals surface area contributed by atoms with E-state index in [2.05, 4.69) is 24.3 Å². The number of hydrogen-bond acceptors (Lipinski definition) is 5. The SMILES string of the molecule is N=C(C(=Nc1ccccc1)c1cccc(-c2nc3c(ccc4c5cc6ccccc6cc5oc43)o2)c1)c1ccccc1. The monoisotopic (exact) mass is 541 g/mol. The molecule has 6 aromatic carbocycles. The summed E-state index contributed by atoms with van der Waals surface area (Å²) >= 11 is 0. The van der Waals surface area contributed by atoms with E-state index in [1.54, 1.807) is 0 Å². The molecule has 0 aliphatic heterocycles. The number of hydrogen-bond donors (Lipinski definition) is 1. The van der Waals surface area contributed by atoms with Gasteiger partial charge in [0.2, 0.25) is 5.89 Å². The van der Waals surface area contributed by atoms with E-state index in [1.165, 1.54) is 5.39 Å². The largest absolute Gasteiger partial charge is 0.454 e. The lowest BCUT2D eigenvalue weighted by Crippen LogP contribution is -2.16. The third-order valence-electron chi connectivity index (χ3n) is 7.54. The fourth-order valence-corrected chi connectivity index (χ4v) is 5.47. The van der Waals surface area contributed by atoms with Crippen LogP contribution >= 0.6 is 0 Å². The van der Waals surface area contributed by atoms with Gasteiger partial charge < -0.3 is 8.83 Å². The number of nitrogens with one attached hydrogen (secondary N) is 1. The quantitative estimate of drug-likeness (QED) is 0.220. The summed E-state index contributed by atoms with van der Waals surface area (Å²) in [5, 5.41) is 13.4. The van der Waals surface area contributed by atoms with Gasteiger partial charge in [0.1, 0.15) is 5.58 Å². The highest BCUT2D eigenvalue weighted by Gasteiger charge is 2.19. The number of furan rings is 1. The number of benzene rings is 6. The zero-order valence-corrected chi connectivity index (χ0v) is 22.4. The van der Waals surface area contributed by atoms with Crippen molar-refractivity contribution in [3.05, 3.63) is 145 Å². The van der Waals surface area contributed by atoms with Crippen LogP contribution in [0.1, 0.15) is 11.1 Å². The zero-order chi connectivity index (χ0) is 28.0. The number of fused-ring (bicyclic) bond motifs is 6. The van der Waals surface area contributed by atoms with Crippen LogP contribution in [-0.2, 0) is 0 Å². The normalized spacial score (nSPS) is 12.0. The Morgan fingerprint density at radius 2 is 1.31 bits per heavy atom. The van der Waals surface area contributed by atoms with Gasteiger partial charge in [-0.3, -0.25) is 5.41 Å². The maximum atomic E-state index is 9.05. The van der Waals surface area contributed by atoms with Crippen molar-refractivity contribution in [2.75, 3.05) is 0 Å². The van der Waals surface area contributed by atoms with Crippen molar-refractivity contribution in [1.29, 1.82) is 5.41 Å². The smallest absolute Gasteiger partial charge is 0.227 e. The van der Waals surface area contributed by atoms with Crippen LogP contribution in [0, 0.1) is 5.41 Å². The first-order valence-corrected chi connectivity index (χ1v) is 13.7. The van der Waals surface area contributed by atoms with Gasteiger partial charge in [-0.2, -0.15) is 0 Å². The minimum Gasteiger partial charge on any atom is -0.454 e. The molecule has 0 bridgehead atoms. The maximum absolute atomic E-state index is 9.05. The Bertz CT molecular complexity index is 2310. The van der Waals surface area contributed by atoms with Gasteiger partial charge in [0.05, 0.1) is 17.1 Å². The summed E-state index contributed by atoms with van der Waals surface area (Å²) in [5.41, 5.74) is 6.94. The average Bonchev–Trinajstić information content (AvgIpc) is 3.65. The lowest BCUT2D eigenvalue weighted by atomic mass is 9.98. The fraction of sp³-hybridized carbons (Fsp3) is 0. The fourth-order valence-electron chi connectivity index (χ4n) is 5.47. The van der Waals surface area contributed by atoms with Crippen molar-refractivity contribution in [2.24, 2.45) is 4.99 Å². The van der Waals surface area contributed by atoms with E-state index < -0.39 is 0 Å². The molecule has 0 radical (unpaired) electrons. The maximum Gasteiger partial charge on any atom is 0.227 e. The number of nitrogens with zero attached hydrogens (tertiary/aromatic N) is 2. The minimum absolute atomic E-state index is 0.338. The van der Waals surface area contributed by atoms with Gasteiger partial charge in [0, 0.05) is 27.5 Å². The Labute approximate surface area is 240 Å². The second kappa shape index (κ2) is 9.68. The van der Waals surface area contributed by atoms with Crippen molar-refractivity contribution in [3.63, 3.8) is 0 Å². The number of aromatic nitrogens is 1. The van der Waals surface area contributed by atoms with Crippen molar-refractivity contribution < 1.29 is 8.83 Å². The summed E-state index contributed by atoms with van der Waals surface area (Å²) in [6.45, 7) is 0. The molecule has 0 aliphatic carbocycles. The van der Waals surface area contributed by atoms with E-state index in [1.807, 2.05) is 109 Å². The van der Waals surface area contributed by atoms with Crippen LogP contribution in [-0.4, -0.2) is 16.4 Å². The van der Waals surface area contributed by atoms with E-state index >= 15 is 0 Å². The molecule has 2 aromatic heterocycles. The summed E-state index contributed by atoms with van der Waals surface area (Å²) in [4.78, 5) is 9.81. The molecule has 0 fully saturated rings. The molecule has 5 heteroatoms. The van der Waals surface area contributed by atoms with E-state index in [0.717, 1.165) is 44.1 Å². The highest BCUT2D eigenvalue weighted by molar-refractivity contribution is 6.53. The highest BCUT2D eigenvalue weighted by atomic mass is 16.4. The van der Waals surface area contributed by atoms with Crippen LogP contribution < -0.4 is 0 Å². The van der Waals surface area contributed by atoms with Crippen molar-refractivity contribution in [2.45, 2.75) is 0 Å². The lowest BCUT2D eigenvalue weighted by molar-refractivity contribution is 0.619. The third-order valence-corrected chi connectivity index (χ3v) is 7.54. The Balaban J connectivity index is 1.26. The molecule has 0 spiro atoms. The molecule has 198 valence electrons. The molecule has 42 heavy (non-hydrogen) atoms. The van der Waals surface area contributed by atoms with Gasteiger partial charge in [0.25, 0.3) is 0 Å². The molecule has 0 saturated carbocycles. The van der Waals surface area contributed by atoms with Crippen molar-refractivity contribution in [1.82, 2.24) is 4.98 Å². The molecule has 0 saturated heterocycles. The van der Waals surface area contributed by atoms with Crippen LogP contribution in [0.3, 0.4) is 0 Å². The van der Waals surface area contributed by atoms with Gasteiger partial charge in [-0.25, -0.2) is 9.98 Å². The van der Waals surface area contributed by atoms with Crippen molar-refractivity contribution in [3.8, 4) is 11.5 Å². The minimum atomic E-state index is 0.338. The molecule has 0 atom stereocenters. The van der Waals surface area contributed by atoms with Crippen LogP contribution in [0.5, 0.6) is 0 Å². The summed E-state index contributed by atoms with van der Waals surface area (Å²) in [5.74, 6) is 0.482. The molecular formula is C37H23N3O2. The highest BCUT2D eigenvalue weighted by Crippen LogP contribution is 2.37. The number of para-hydroxylation sites is 1. The molecule has 1 N–H and O–H groups in total. The second-order valence-corrected chi connectivity index (χ2v) is 10.2. The van der Waals surface area contributed by atoms with Crippen LogP contribution in [0.2, 0.25) is 0 Å². The predicted molar refractivity (Wildman–Crippen MR) is 170 cm³/mol. The Kier molecular flexibility index (Phi) is 5.54. The molecule has 8 aromatic rings. The first-order valence-electron chi connectivity index (χ1n) is 13.7. The van der Waals surface area contributed by atoms with Crippen LogP contribution in [0.15, 0.2) is 147 Å². The summed E-state index contributed by atoms with van der Waals surface area (Å²) in [6.07, 6.45) is 0. The van der Waals surface area contributed by atoms with E-state index in [0.29, 0.717) is 34.0 Å². The molecular weight excluding hydrogens is 518 g/mol. The Morgan fingerprint density at radius 1 is 0.595 bits per heavy atom. The standard InChI is InChI=1S/C37H23N3O2/c38-33(23-10-3-1-4-11-23)34(39-28-16-5-2-6-17-28)26-14-9-15-27(20-26)37-40-35-31(42-37)19-18-29-30-21-24-12-7-8-13-25(24)22-32(30)41-36(29)35/h1-22,38H. The molecule has 0 aliphatic rings. The molecule has 0 unspecified atom stereocenters. The van der Waals surface area contributed by atoms with Gasteiger partial charge in [-0.05, 0) is 59.3 Å². The third kappa shape index (κ3) is 4.07. The van der Waals surface area contributed by atoms with Crippen LogP contribution in [0.4, 0.5) is 5.69 Å². The topological polar surface area (TPSA) is 75.4 Å². The first kappa shape index (κ1) is 24.0. The lowest BCUT2D eigenvalue weighted by Gasteiger charge is -2.10. The Hall–Kier alpha value is -5.81. The predicted octanol–water partition coefficient (Wildman–Crippen LogP) is 9.74. The van der Waals surface area contributed by atoms with Gasteiger partial charge in [-0.1, -0.05) is 84.9 Å². The van der Waals surface area contributed by atoms with E-state index in [4.69, 9.17) is 24.2 Å². The first-order chi connectivity index (χ1) is 20.7. The molecule has 8 rings (SSSR count). The summed E-state index contributed by atoms with van der Waals surface area (Å²) < 4.78 is 12.6. The van der Waals surface area contributed by atoms with Crippen molar-refractivity contribution >= 4 is 60.9 Å². The summed E-state index contributed by atoms with van der Waals surface area (Å²) in [6, 6.07) is 43.7. The second-order valence-electron chi connectivity index (χ2n) is 10.2. The number of rotatable bonds is 5. The van der Waals surface area contributed by atoms with E-state index in [-0.39, 0.29) is 0 Å². The van der Waals surface area contributed by atoms with Gasteiger partial charge in [0.15, 0.2) is 16.7 Å². The van der Waals surface area contributed by atoms with Crippen LogP contribution in [0.25, 0.3) is 55.3 Å². The average molecular weight is 542 g/mol. The number of oxazole rings is 1. The van der Waals surface area contributed by atoms with E-state index in [9.17, 15) is 0 Å². The zero-order valence-electron chi connectivity index (χ0n) is 22.4. The molecule has 0 amide bonds. The Morgan fingerprint density at radius 3 is 2.12 bits per heavy atom. The van der Waals surface area contributed by atoms with Gasteiger partial charge >= 0.3 is 0 Å². The van der Waals surface area contributed by atoms with Gasteiger partial charge in [-0.15, -0.1) is 0 Å². The summed E-state index contributed by atoms with van der Waals surface area (Å²) in [7, 11) is 0.